The van der Waals surface area contributed by atoms with Crippen molar-refractivity contribution < 1.29 is 5.11 Å². The van der Waals surface area contributed by atoms with Crippen LogP contribution in [0.3, 0.4) is 0 Å². The number of hydrogen-bond acceptors (Lipinski definition) is 3. The predicted molar refractivity (Wildman–Crippen MR) is 54.6 cm³/mol. The number of aliphatic hydroxyl groups is 1. The van der Waals surface area contributed by atoms with E-state index in [0.29, 0.717) is 6.54 Å². The highest BCUT2D eigenvalue weighted by atomic mass is 16.3. The third-order valence-corrected chi connectivity index (χ3v) is 2.66. The molecule has 1 heterocycles. The molecular weight excluding hydrogens is 164 g/mol. The summed E-state index contributed by atoms with van der Waals surface area (Å²) in [6, 6.07) is 0. The van der Waals surface area contributed by atoms with Gasteiger partial charge in [-0.2, -0.15) is 0 Å². The van der Waals surface area contributed by atoms with Gasteiger partial charge in [0.25, 0.3) is 0 Å². The molecule has 0 bridgehead atoms. The Balaban J connectivity index is 2.07. The number of nitrogens with zero attached hydrogens (tertiary/aromatic N) is 1. The molecular formula is C10H22N2O. The van der Waals surface area contributed by atoms with Gasteiger partial charge in [0.05, 0.1) is 6.10 Å². The minimum absolute atomic E-state index is 0.165. The van der Waals surface area contributed by atoms with Crippen LogP contribution in [0.25, 0.3) is 0 Å². The van der Waals surface area contributed by atoms with Crippen molar-refractivity contribution in [2.45, 2.75) is 38.2 Å². The van der Waals surface area contributed by atoms with E-state index in [1.54, 1.807) is 0 Å². The summed E-state index contributed by atoms with van der Waals surface area (Å²) in [5.41, 5.74) is 5.39. The second-order valence-electron chi connectivity index (χ2n) is 3.95. The SMILES string of the molecule is NCCCC(O)CN1CCCCC1. The minimum Gasteiger partial charge on any atom is -0.392 e. The van der Waals surface area contributed by atoms with Crippen LogP contribution in [0.15, 0.2) is 0 Å². The Morgan fingerprint density at radius 3 is 2.54 bits per heavy atom. The number of nitrogens with two attached hydrogens (primary N) is 1. The number of piperidine rings is 1. The van der Waals surface area contributed by atoms with Gasteiger partial charge in [-0.3, -0.25) is 0 Å². The molecule has 1 rings (SSSR count). The number of hydrogen-bond donors (Lipinski definition) is 2. The van der Waals surface area contributed by atoms with Gasteiger partial charge in [0.15, 0.2) is 0 Å². The van der Waals surface area contributed by atoms with Gasteiger partial charge in [-0.05, 0) is 45.3 Å². The average Bonchev–Trinajstić information content (AvgIpc) is 2.16. The van der Waals surface area contributed by atoms with Crippen molar-refractivity contribution in [1.82, 2.24) is 4.90 Å². The molecule has 3 nitrogen and oxygen atoms in total. The summed E-state index contributed by atoms with van der Waals surface area (Å²) in [4.78, 5) is 2.37. The molecule has 1 atom stereocenters. The molecule has 1 saturated heterocycles. The molecule has 13 heavy (non-hydrogen) atoms. The topological polar surface area (TPSA) is 49.5 Å². The molecule has 1 unspecified atom stereocenters. The summed E-state index contributed by atoms with van der Waals surface area (Å²) < 4.78 is 0. The maximum absolute atomic E-state index is 9.64. The molecule has 0 aromatic carbocycles. The number of rotatable bonds is 5. The lowest BCUT2D eigenvalue weighted by Crippen LogP contribution is -2.36. The Morgan fingerprint density at radius 2 is 1.92 bits per heavy atom. The second kappa shape index (κ2) is 6.35. The van der Waals surface area contributed by atoms with Gasteiger partial charge in [-0.1, -0.05) is 6.42 Å². The van der Waals surface area contributed by atoms with Gasteiger partial charge >= 0.3 is 0 Å². The van der Waals surface area contributed by atoms with E-state index < -0.39 is 0 Å². The molecule has 1 fully saturated rings. The third-order valence-electron chi connectivity index (χ3n) is 2.66. The van der Waals surface area contributed by atoms with Crippen LogP contribution >= 0.6 is 0 Å². The van der Waals surface area contributed by atoms with Gasteiger partial charge in [0.1, 0.15) is 0 Å². The van der Waals surface area contributed by atoms with Gasteiger partial charge < -0.3 is 15.7 Å². The highest BCUT2D eigenvalue weighted by Crippen LogP contribution is 2.10. The van der Waals surface area contributed by atoms with Gasteiger partial charge in [0.2, 0.25) is 0 Å². The zero-order valence-corrected chi connectivity index (χ0v) is 8.41. The molecule has 0 aromatic heterocycles. The molecule has 0 radical (unpaired) electrons. The Kier molecular flexibility index (Phi) is 5.35. The predicted octanol–water partition coefficient (Wildman–Crippen LogP) is 0.572. The number of likely N-dealkylation sites (tertiary alicyclic amines) is 1. The summed E-state index contributed by atoms with van der Waals surface area (Å²) in [5.74, 6) is 0. The first-order valence-electron chi connectivity index (χ1n) is 5.43. The van der Waals surface area contributed by atoms with Crippen molar-refractivity contribution in [3.8, 4) is 0 Å². The van der Waals surface area contributed by atoms with Gasteiger partial charge in [-0.25, -0.2) is 0 Å². The van der Waals surface area contributed by atoms with Crippen molar-refractivity contribution in [3.63, 3.8) is 0 Å². The van der Waals surface area contributed by atoms with Crippen molar-refractivity contribution in [2.75, 3.05) is 26.2 Å². The molecule has 0 spiro atoms. The van der Waals surface area contributed by atoms with E-state index in [2.05, 4.69) is 4.90 Å². The fourth-order valence-corrected chi connectivity index (χ4v) is 1.88. The van der Waals surface area contributed by atoms with Crippen LogP contribution in [-0.2, 0) is 0 Å². The normalized spacial score (nSPS) is 21.7. The van der Waals surface area contributed by atoms with E-state index in [0.717, 1.165) is 19.4 Å². The zero-order chi connectivity index (χ0) is 9.52. The second-order valence-corrected chi connectivity index (χ2v) is 3.95. The average molecular weight is 186 g/mol. The summed E-state index contributed by atoms with van der Waals surface area (Å²) in [6.07, 6.45) is 5.58. The van der Waals surface area contributed by atoms with E-state index in [-0.39, 0.29) is 6.10 Å². The van der Waals surface area contributed by atoms with Crippen LogP contribution in [0.5, 0.6) is 0 Å². The Hall–Kier alpha value is -0.120. The van der Waals surface area contributed by atoms with Crippen molar-refractivity contribution >= 4 is 0 Å². The highest BCUT2D eigenvalue weighted by molar-refractivity contribution is 4.68. The van der Waals surface area contributed by atoms with E-state index in [4.69, 9.17) is 5.73 Å². The molecule has 0 aromatic rings. The fourth-order valence-electron chi connectivity index (χ4n) is 1.88. The molecule has 0 aliphatic carbocycles. The van der Waals surface area contributed by atoms with Crippen LogP contribution in [0.2, 0.25) is 0 Å². The molecule has 3 heteroatoms. The minimum atomic E-state index is -0.165. The number of aliphatic hydroxyl groups excluding tert-OH is 1. The Labute approximate surface area is 80.9 Å². The maximum atomic E-state index is 9.64. The molecule has 0 saturated carbocycles. The van der Waals surface area contributed by atoms with Crippen LogP contribution in [0.1, 0.15) is 32.1 Å². The highest BCUT2D eigenvalue weighted by Gasteiger charge is 2.13. The lowest BCUT2D eigenvalue weighted by Gasteiger charge is -2.28. The molecule has 3 N–H and O–H groups in total. The van der Waals surface area contributed by atoms with E-state index in [1.807, 2.05) is 0 Å². The van der Waals surface area contributed by atoms with Crippen molar-refractivity contribution in [3.05, 3.63) is 0 Å². The van der Waals surface area contributed by atoms with E-state index in [1.165, 1.54) is 32.4 Å². The molecule has 1 aliphatic rings. The summed E-state index contributed by atoms with van der Waals surface area (Å²) >= 11 is 0. The smallest absolute Gasteiger partial charge is 0.0667 e. The Morgan fingerprint density at radius 1 is 1.23 bits per heavy atom. The standard InChI is InChI=1S/C10H22N2O/c11-6-4-5-10(13)9-12-7-2-1-3-8-12/h10,13H,1-9,11H2. The van der Waals surface area contributed by atoms with Gasteiger partial charge in [-0.15, -0.1) is 0 Å². The van der Waals surface area contributed by atoms with Crippen LogP contribution in [0, 0.1) is 0 Å². The molecule has 1 aliphatic heterocycles. The quantitative estimate of drug-likeness (QED) is 0.660. The first-order valence-corrected chi connectivity index (χ1v) is 5.43. The number of β-amino-alcohol motifs (C(OH)–C–C–N with tert-alkyl or cyclic N) is 1. The monoisotopic (exact) mass is 186 g/mol. The fraction of sp³-hybridized carbons (Fsp3) is 1.00. The van der Waals surface area contributed by atoms with E-state index >= 15 is 0 Å². The van der Waals surface area contributed by atoms with Crippen molar-refractivity contribution in [2.24, 2.45) is 5.73 Å². The van der Waals surface area contributed by atoms with Crippen LogP contribution in [-0.4, -0.2) is 42.3 Å². The zero-order valence-electron chi connectivity index (χ0n) is 8.41. The van der Waals surface area contributed by atoms with Gasteiger partial charge in [0, 0.05) is 6.54 Å². The summed E-state index contributed by atoms with van der Waals surface area (Å²) in [5, 5.41) is 9.64. The third kappa shape index (κ3) is 4.60. The largest absolute Gasteiger partial charge is 0.392 e. The first-order chi connectivity index (χ1) is 6.33. The van der Waals surface area contributed by atoms with Crippen LogP contribution < -0.4 is 5.73 Å². The maximum Gasteiger partial charge on any atom is 0.0667 e. The summed E-state index contributed by atoms with van der Waals surface area (Å²) in [6.45, 7) is 3.87. The lowest BCUT2D eigenvalue weighted by atomic mass is 10.1. The first kappa shape index (κ1) is 11.0. The van der Waals surface area contributed by atoms with Crippen molar-refractivity contribution in [1.29, 1.82) is 0 Å². The summed E-state index contributed by atoms with van der Waals surface area (Å²) in [7, 11) is 0. The lowest BCUT2D eigenvalue weighted by molar-refractivity contribution is 0.0937. The van der Waals surface area contributed by atoms with Crippen LogP contribution in [0.4, 0.5) is 0 Å². The van der Waals surface area contributed by atoms with E-state index in [9.17, 15) is 5.11 Å². The Bertz CT molecular complexity index is 124. The molecule has 78 valence electrons. The molecule has 0 amide bonds.